The van der Waals surface area contributed by atoms with E-state index in [4.69, 9.17) is 5.73 Å². The van der Waals surface area contributed by atoms with E-state index in [-0.39, 0.29) is 17.2 Å². The van der Waals surface area contributed by atoms with Crippen molar-refractivity contribution in [3.63, 3.8) is 0 Å². The third-order valence-electron chi connectivity index (χ3n) is 2.96. The summed E-state index contributed by atoms with van der Waals surface area (Å²) in [5, 5.41) is 2.94. The van der Waals surface area contributed by atoms with Crippen LogP contribution in [0.1, 0.15) is 33.6 Å². The molecule has 3 nitrogen and oxygen atoms in total. The maximum absolute atomic E-state index is 12.1. The van der Waals surface area contributed by atoms with Crippen LogP contribution in [0.15, 0.2) is 27.6 Å². The Bertz CT molecular complexity index is 435. The summed E-state index contributed by atoms with van der Waals surface area (Å²) in [6.45, 7) is 6.09. The van der Waals surface area contributed by atoms with Crippen LogP contribution in [0.3, 0.4) is 0 Å². The van der Waals surface area contributed by atoms with Crippen LogP contribution in [0, 0.1) is 0 Å². The van der Waals surface area contributed by atoms with E-state index in [1.807, 2.05) is 25.1 Å². The molecule has 1 atom stereocenters. The Morgan fingerprint density at radius 1 is 1.42 bits per heavy atom. The minimum absolute atomic E-state index is 0.0856. The van der Waals surface area contributed by atoms with E-state index in [2.05, 4.69) is 35.1 Å². The van der Waals surface area contributed by atoms with E-state index in [0.717, 1.165) is 22.2 Å². The second-order valence-corrected chi connectivity index (χ2v) is 6.71. The molecule has 0 aliphatic rings. The Hall–Kier alpha value is -0.680. The Morgan fingerprint density at radius 3 is 2.58 bits per heavy atom. The predicted molar refractivity (Wildman–Crippen MR) is 86.4 cm³/mol. The van der Waals surface area contributed by atoms with Gasteiger partial charge < -0.3 is 11.1 Å². The molecule has 1 unspecified atom stereocenters. The van der Waals surface area contributed by atoms with E-state index < -0.39 is 0 Å². The summed E-state index contributed by atoms with van der Waals surface area (Å²) < 4.78 is 0.930. The summed E-state index contributed by atoms with van der Waals surface area (Å²) in [6.07, 6.45) is 1.93. The zero-order valence-corrected chi connectivity index (χ0v) is 14.0. The lowest BCUT2D eigenvalue weighted by Gasteiger charge is -2.18. The molecule has 0 bridgehead atoms. The number of nitrogens with two attached hydrogens (primary N) is 1. The van der Waals surface area contributed by atoms with Crippen LogP contribution in [0.5, 0.6) is 0 Å². The van der Waals surface area contributed by atoms with Gasteiger partial charge in [-0.3, -0.25) is 4.79 Å². The normalized spacial score (nSPS) is 12.5. The highest BCUT2D eigenvalue weighted by molar-refractivity contribution is 9.10. The van der Waals surface area contributed by atoms with E-state index >= 15 is 0 Å². The highest BCUT2D eigenvalue weighted by Gasteiger charge is 2.18. The SMILES string of the molecule is CCC(CC)NC(=O)C(C)Sc1ccc(N)cc1Br. The van der Waals surface area contributed by atoms with E-state index in [1.165, 1.54) is 11.8 Å². The number of hydrogen-bond acceptors (Lipinski definition) is 3. The van der Waals surface area contributed by atoms with Crippen LogP contribution in [0.2, 0.25) is 0 Å². The van der Waals surface area contributed by atoms with Gasteiger partial charge in [0.05, 0.1) is 5.25 Å². The summed E-state index contributed by atoms with van der Waals surface area (Å²) >= 11 is 5.01. The van der Waals surface area contributed by atoms with Crippen molar-refractivity contribution in [1.82, 2.24) is 5.32 Å². The quantitative estimate of drug-likeness (QED) is 0.609. The lowest BCUT2D eigenvalue weighted by molar-refractivity contribution is -0.121. The van der Waals surface area contributed by atoms with Crippen LogP contribution in [-0.2, 0) is 4.79 Å². The van der Waals surface area contributed by atoms with Crippen molar-refractivity contribution >= 4 is 39.3 Å². The number of rotatable bonds is 6. The number of carbonyl (C=O) groups excluding carboxylic acids is 1. The molecule has 0 saturated heterocycles. The molecule has 0 spiro atoms. The molecule has 0 radical (unpaired) electrons. The molecule has 106 valence electrons. The third-order valence-corrected chi connectivity index (χ3v) is 5.06. The fraction of sp³-hybridized carbons (Fsp3) is 0.500. The molecule has 0 aromatic heterocycles. The van der Waals surface area contributed by atoms with Crippen molar-refractivity contribution in [1.29, 1.82) is 0 Å². The van der Waals surface area contributed by atoms with Crippen molar-refractivity contribution in [2.24, 2.45) is 0 Å². The number of thioether (sulfide) groups is 1. The topological polar surface area (TPSA) is 55.1 Å². The molecular formula is C14H21BrN2OS. The number of hydrogen-bond donors (Lipinski definition) is 2. The molecule has 1 rings (SSSR count). The maximum Gasteiger partial charge on any atom is 0.233 e. The summed E-state index contributed by atoms with van der Waals surface area (Å²) in [6, 6.07) is 5.91. The van der Waals surface area contributed by atoms with Crippen LogP contribution < -0.4 is 11.1 Å². The van der Waals surface area contributed by atoms with E-state index in [0.29, 0.717) is 5.69 Å². The zero-order chi connectivity index (χ0) is 14.4. The Balaban J connectivity index is 2.63. The average molecular weight is 345 g/mol. The van der Waals surface area contributed by atoms with Crippen molar-refractivity contribution < 1.29 is 4.79 Å². The van der Waals surface area contributed by atoms with Gasteiger partial charge in [0.1, 0.15) is 0 Å². The Labute approximate surface area is 127 Å². The number of nitrogens with one attached hydrogen (secondary N) is 1. The van der Waals surface area contributed by atoms with Gasteiger partial charge in [-0.25, -0.2) is 0 Å². The molecule has 1 aromatic carbocycles. The maximum atomic E-state index is 12.1. The number of amides is 1. The molecule has 0 aliphatic heterocycles. The highest BCUT2D eigenvalue weighted by atomic mass is 79.9. The minimum atomic E-state index is -0.125. The van der Waals surface area contributed by atoms with Gasteiger partial charge in [0.2, 0.25) is 5.91 Å². The van der Waals surface area contributed by atoms with Crippen molar-refractivity contribution in [3.05, 3.63) is 22.7 Å². The number of nitrogen functional groups attached to an aromatic ring is 1. The second kappa shape index (κ2) is 7.80. The smallest absolute Gasteiger partial charge is 0.233 e. The van der Waals surface area contributed by atoms with Crippen LogP contribution in [0.4, 0.5) is 5.69 Å². The molecule has 5 heteroatoms. The highest BCUT2D eigenvalue weighted by Crippen LogP contribution is 2.32. The number of halogens is 1. The largest absolute Gasteiger partial charge is 0.399 e. The number of benzene rings is 1. The molecule has 1 amide bonds. The summed E-state index contributed by atoms with van der Waals surface area (Å²) in [5.41, 5.74) is 6.41. The number of anilines is 1. The molecule has 3 N–H and O–H groups in total. The molecule has 0 fully saturated rings. The van der Waals surface area contributed by atoms with Gasteiger partial charge in [0.15, 0.2) is 0 Å². The van der Waals surface area contributed by atoms with Crippen LogP contribution in [0.25, 0.3) is 0 Å². The molecule has 1 aromatic rings. The van der Waals surface area contributed by atoms with Crippen molar-refractivity contribution in [2.75, 3.05) is 5.73 Å². The van der Waals surface area contributed by atoms with Crippen molar-refractivity contribution in [3.8, 4) is 0 Å². The Kier molecular flexibility index (Phi) is 6.72. The standard InChI is InChI=1S/C14H21BrN2OS/c1-4-11(5-2)17-14(18)9(3)19-13-7-6-10(16)8-12(13)15/h6-9,11H,4-5,16H2,1-3H3,(H,17,18). The average Bonchev–Trinajstić information content (AvgIpc) is 2.38. The molecule has 0 aliphatic carbocycles. The lowest BCUT2D eigenvalue weighted by Crippen LogP contribution is -2.38. The second-order valence-electron chi connectivity index (χ2n) is 4.47. The van der Waals surface area contributed by atoms with E-state index in [1.54, 1.807) is 0 Å². The van der Waals surface area contributed by atoms with Crippen LogP contribution >= 0.6 is 27.7 Å². The predicted octanol–water partition coefficient (Wildman–Crippen LogP) is 3.82. The fourth-order valence-electron chi connectivity index (χ4n) is 1.67. The van der Waals surface area contributed by atoms with Gasteiger partial charge in [-0.2, -0.15) is 0 Å². The van der Waals surface area contributed by atoms with Gasteiger partial charge in [-0.15, -0.1) is 11.8 Å². The molecule has 0 heterocycles. The third kappa shape index (κ3) is 5.07. The number of carbonyl (C=O) groups is 1. The zero-order valence-electron chi connectivity index (χ0n) is 11.6. The Morgan fingerprint density at radius 2 is 2.05 bits per heavy atom. The van der Waals surface area contributed by atoms with E-state index in [9.17, 15) is 4.79 Å². The van der Waals surface area contributed by atoms with Gasteiger partial charge in [-0.1, -0.05) is 13.8 Å². The summed E-state index contributed by atoms with van der Waals surface area (Å²) in [5.74, 6) is 0.0856. The minimum Gasteiger partial charge on any atom is -0.399 e. The fourth-order valence-corrected chi connectivity index (χ4v) is 3.22. The first-order valence-electron chi connectivity index (χ1n) is 6.50. The lowest BCUT2D eigenvalue weighted by atomic mass is 10.2. The first-order chi connectivity index (χ1) is 8.97. The van der Waals surface area contributed by atoms with Crippen molar-refractivity contribution in [2.45, 2.75) is 49.8 Å². The summed E-state index contributed by atoms with van der Waals surface area (Å²) in [4.78, 5) is 13.1. The summed E-state index contributed by atoms with van der Waals surface area (Å²) in [7, 11) is 0. The first-order valence-corrected chi connectivity index (χ1v) is 8.17. The molecule has 0 saturated carbocycles. The monoisotopic (exact) mass is 344 g/mol. The first kappa shape index (κ1) is 16.4. The van der Waals surface area contributed by atoms with Gasteiger partial charge in [0, 0.05) is 21.1 Å². The van der Waals surface area contributed by atoms with Gasteiger partial charge >= 0.3 is 0 Å². The molecular weight excluding hydrogens is 324 g/mol. The van der Waals surface area contributed by atoms with Crippen LogP contribution in [-0.4, -0.2) is 17.2 Å². The van der Waals surface area contributed by atoms with Gasteiger partial charge in [-0.05, 0) is 53.9 Å². The van der Waals surface area contributed by atoms with Gasteiger partial charge in [0.25, 0.3) is 0 Å². The molecule has 19 heavy (non-hydrogen) atoms.